The van der Waals surface area contributed by atoms with Crippen molar-refractivity contribution in [3.05, 3.63) is 57.0 Å². The normalized spacial score (nSPS) is 15.6. The monoisotopic (exact) mass is 569 g/mol. The van der Waals surface area contributed by atoms with Gasteiger partial charge in [0.05, 0.1) is 21.1 Å². The summed E-state index contributed by atoms with van der Waals surface area (Å²) >= 11 is 13.6. The Kier molecular flexibility index (Phi) is 7.93. The predicted molar refractivity (Wildman–Crippen MR) is 143 cm³/mol. The van der Waals surface area contributed by atoms with Crippen molar-refractivity contribution < 1.29 is 17.6 Å². The van der Waals surface area contributed by atoms with Gasteiger partial charge in [-0.15, -0.1) is 17.9 Å². The van der Waals surface area contributed by atoms with Crippen LogP contribution < -0.4 is 15.4 Å². The maximum absolute atomic E-state index is 12.9. The van der Waals surface area contributed by atoms with E-state index in [1.54, 1.807) is 24.4 Å². The van der Waals surface area contributed by atoms with Crippen LogP contribution in [0, 0.1) is 5.92 Å². The van der Waals surface area contributed by atoms with Crippen molar-refractivity contribution in [1.82, 2.24) is 14.7 Å². The summed E-state index contributed by atoms with van der Waals surface area (Å²) in [5, 5.41) is -0.690. The molecule has 3 aromatic rings. The lowest BCUT2D eigenvalue weighted by atomic mass is 9.96. The second-order valence-electron chi connectivity index (χ2n) is 8.28. The Bertz CT molecular complexity index is 1380. The molecule has 192 valence electrons. The van der Waals surface area contributed by atoms with E-state index in [-0.39, 0.29) is 5.82 Å². The third kappa shape index (κ3) is 5.54. The Labute approximate surface area is 223 Å². The minimum Gasteiger partial charge on any atom is -0.441 e. The average molecular weight is 571 g/mol. The molecule has 1 aliphatic heterocycles. The maximum Gasteiger partial charge on any atom is 0.246 e. The summed E-state index contributed by atoms with van der Waals surface area (Å²) in [6.45, 7) is 6.47. The van der Waals surface area contributed by atoms with Gasteiger partial charge in [0.25, 0.3) is 0 Å². The van der Waals surface area contributed by atoms with E-state index in [9.17, 15) is 13.2 Å². The number of carbonyl (C=O) groups is 1. The molecule has 1 unspecified atom stereocenters. The maximum atomic E-state index is 12.9. The van der Waals surface area contributed by atoms with E-state index in [0.717, 1.165) is 17.1 Å². The number of pyridine rings is 1. The molecule has 9 nitrogen and oxygen atoms in total. The number of nitrogen functional groups attached to an aromatic ring is 1. The van der Waals surface area contributed by atoms with Gasteiger partial charge in [0.2, 0.25) is 21.8 Å². The first-order chi connectivity index (χ1) is 17.1. The van der Waals surface area contributed by atoms with Gasteiger partial charge in [-0.25, -0.2) is 18.4 Å². The van der Waals surface area contributed by atoms with Crippen molar-refractivity contribution in [1.29, 1.82) is 0 Å². The van der Waals surface area contributed by atoms with Gasteiger partial charge in [0, 0.05) is 30.3 Å². The molecule has 4 rings (SSSR count). The van der Waals surface area contributed by atoms with E-state index in [1.165, 1.54) is 6.08 Å². The minimum atomic E-state index is -4.01. The Morgan fingerprint density at radius 1 is 1.39 bits per heavy atom. The van der Waals surface area contributed by atoms with Gasteiger partial charge in [0.1, 0.15) is 22.6 Å². The molecule has 1 saturated heterocycles. The first-order valence-corrected chi connectivity index (χ1v) is 14.3. The van der Waals surface area contributed by atoms with Crippen LogP contribution in [-0.4, -0.2) is 37.4 Å². The highest BCUT2D eigenvalue weighted by Gasteiger charge is 2.33. The molecular weight excluding hydrogens is 545 g/mol. The second kappa shape index (κ2) is 10.8. The highest BCUT2D eigenvalue weighted by molar-refractivity contribution is 7.90. The molecule has 4 heterocycles. The Morgan fingerprint density at radius 3 is 2.69 bits per heavy atom. The number of amides is 1. The van der Waals surface area contributed by atoms with Crippen molar-refractivity contribution >= 4 is 62.1 Å². The highest BCUT2D eigenvalue weighted by atomic mass is 35.5. The number of rotatable bonds is 8. The van der Waals surface area contributed by atoms with Gasteiger partial charge in [-0.3, -0.25) is 9.52 Å². The predicted octanol–water partition coefficient (Wildman–Crippen LogP) is 4.84. The third-order valence-electron chi connectivity index (χ3n) is 5.95. The number of oxazole rings is 1. The van der Waals surface area contributed by atoms with Crippen molar-refractivity contribution in [2.24, 2.45) is 5.92 Å². The quantitative estimate of drug-likeness (QED) is 0.368. The van der Waals surface area contributed by atoms with Crippen LogP contribution in [0.3, 0.4) is 0 Å². The smallest absolute Gasteiger partial charge is 0.246 e. The summed E-state index contributed by atoms with van der Waals surface area (Å²) < 4.78 is 34.1. The molecule has 0 aromatic carbocycles. The number of nitrogens with zero attached hydrogens (tertiary/aromatic N) is 3. The van der Waals surface area contributed by atoms with Crippen LogP contribution in [0.15, 0.2) is 41.5 Å². The van der Waals surface area contributed by atoms with Crippen molar-refractivity contribution in [3.63, 3.8) is 0 Å². The first-order valence-electron chi connectivity index (χ1n) is 11.2. The molecule has 1 amide bonds. The SMILES string of the molecule is C=CC(c1ccc(Cl)s1)S(=O)(=O)NC(=O)C1CCN(c2nc(N)c(-c3ncc(CC)o3)cc2Cl)CC1. The number of nitrogens with two attached hydrogens (primary N) is 1. The molecular formula is C23H25Cl2N5O4S2. The molecule has 0 spiro atoms. The number of aryl methyl sites for hydroxylation is 1. The zero-order chi connectivity index (χ0) is 26.0. The van der Waals surface area contributed by atoms with Gasteiger partial charge in [-0.05, 0) is 31.0 Å². The topological polar surface area (TPSA) is 131 Å². The number of hydrogen-bond acceptors (Lipinski definition) is 9. The van der Waals surface area contributed by atoms with Crippen LogP contribution in [0.5, 0.6) is 0 Å². The molecule has 1 fully saturated rings. The van der Waals surface area contributed by atoms with E-state index in [1.807, 2.05) is 11.8 Å². The fraction of sp³-hybridized carbons (Fsp3) is 0.348. The van der Waals surface area contributed by atoms with E-state index in [0.29, 0.717) is 63.9 Å². The van der Waals surface area contributed by atoms with Gasteiger partial charge < -0.3 is 15.1 Å². The van der Waals surface area contributed by atoms with Crippen molar-refractivity contribution in [2.75, 3.05) is 23.7 Å². The number of sulfonamides is 1. The number of carbonyl (C=O) groups excluding carboxylic acids is 1. The van der Waals surface area contributed by atoms with E-state index in [4.69, 9.17) is 33.4 Å². The Morgan fingerprint density at radius 2 is 2.11 bits per heavy atom. The average Bonchev–Trinajstić information content (AvgIpc) is 3.49. The van der Waals surface area contributed by atoms with Crippen molar-refractivity contribution in [3.8, 4) is 11.5 Å². The molecule has 36 heavy (non-hydrogen) atoms. The first kappa shape index (κ1) is 26.5. The number of thiophene rings is 1. The molecule has 3 N–H and O–H groups in total. The Hall–Kier alpha value is -2.60. The molecule has 0 saturated carbocycles. The van der Waals surface area contributed by atoms with Gasteiger partial charge in [-0.2, -0.15) is 0 Å². The summed E-state index contributed by atoms with van der Waals surface area (Å²) in [5.74, 6) is 0.773. The number of piperidine rings is 1. The fourth-order valence-corrected chi connectivity index (χ4v) is 7.05. The van der Waals surface area contributed by atoms with Crippen LogP contribution in [0.2, 0.25) is 9.36 Å². The highest BCUT2D eigenvalue weighted by Crippen LogP contribution is 2.35. The molecule has 1 aliphatic rings. The number of nitrogens with one attached hydrogen (secondary N) is 1. The third-order valence-corrected chi connectivity index (χ3v) is 9.29. The molecule has 3 aromatic heterocycles. The van der Waals surface area contributed by atoms with Crippen LogP contribution in [-0.2, 0) is 21.2 Å². The number of aromatic nitrogens is 2. The molecule has 0 radical (unpaired) electrons. The van der Waals surface area contributed by atoms with Crippen LogP contribution in [0.1, 0.15) is 35.7 Å². The van der Waals surface area contributed by atoms with E-state index < -0.39 is 27.1 Å². The lowest BCUT2D eigenvalue weighted by Crippen LogP contribution is -2.43. The van der Waals surface area contributed by atoms with Gasteiger partial charge in [0.15, 0.2) is 0 Å². The van der Waals surface area contributed by atoms with Crippen LogP contribution >= 0.6 is 34.5 Å². The van der Waals surface area contributed by atoms with Gasteiger partial charge in [-0.1, -0.05) is 36.2 Å². The number of hydrogen-bond donors (Lipinski definition) is 2. The van der Waals surface area contributed by atoms with E-state index >= 15 is 0 Å². The summed E-state index contributed by atoms with van der Waals surface area (Å²) in [5.41, 5.74) is 6.68. The summed E-state index contributed by atoms with van der Waals surface area (Å²) in [6.07, 6.45) is 4.46. The van der Waals surface area contributed by atoms with Crippen LogP contribution in [0.4, 0.5) is 11.6 Å². The summed E-state index contributed by atoms with van der Waals surface area (Å²) in [4.78, 5) is 23.9. The second-order valence-corrected chi connectivity index (χ2v) is 12.2. The summed E-state index contributed by atoms with van der Waals surface area (Å²) in [7, 11) is -4.01. The van der Waals surface area contributed by atoms with Crippen LogP contribution in [0.25, 0.3) is 11.5 Å². The molecule has 13 heteroatoms. The lowest BCUT2D eigenvalue weighted by Gasteiger charge is -2.33. The number of halogens is 2. The van der Waals surface area contributed by atoms with Gasteiger partial charge >= 0.3 is 0 Å². The largest absolute Gasteiger partial charge is 0.441 e. The van der Waals surface area contributed by atoms with E-state index in [2.05, 4.69) is 21.3 Å². The zero-order valence-electron chi connectivity index (χ0n) is 19.4. The minimum absolute atomic E-state index is 0.231. The Balaban J connectivity index is 1.41. The lowest BCUT2D eigenvalue weighted by molar-refractivity contribution is -0.123. The number of anilines is 2. The molecule has 1 atom stereocenters. The zero-order valence-corrected chi connectivity index (χ0v) is 22.6. The fourth-order valence-electron chi connectivity index (χ4n) is 4.00. The summed E-state index contributed by atoms with van der Waals surface area (Å²) in [6, 6.07) is 4.89. The van der Waals surface area contributed by atoms with Crippen molar-refractivity contribution in [2.45, 2.75) is 31.4 Å². The standard InChI is InChI=1S/C23H25Cl2N5O4S2/c1-3-14-12-27-23(34-14)15-11-16(24)21(28-20(15)26)30-9-7-13(8-10-30)22(31)29-36(32,33)18(4-2)17-5-6-19(25)35-17/h4-6,11-13,18H,2-3,7-10H2,1H3,(H2,26,28)(H,29,31). The molecule has 0 bridgehead atoms. The molecule has 0 aliphatic carbocycles.